The molecule has 0 aliphatic carbocycles. The number of aromatic hydroxyl groups is 1. The molecule has 88 valence electrons. The average Bonchev–Trinajstić information content (AvgIpc) is 2.20. The second kappa shape index (κ2) is 4.87. The van der Waals surface area contributed by atoms with E-state index in [0.717, 1.165) is 15.6 Å². The second-order valence-electron chi connectivity index (χ2n) is 4.07. The van der Waals surface area contributed by atoms with Crippen molar-refractivity contribution in [1.82, 2.24) is 0 Å². The molecule has 16 heavy (non-hydrogen) atoms. The van der Waals surface area contributed by atoms with Crippen molar-refractivity contribution in [3.63, 3.8) is 0 Å². The molecule has 0 heterocycles. The molecule has 0 saturated carbocycles. The molecule has 1 rings (SSSR count). The molecule has 2 N–H and O–H groups in total. The van der Waals surface area contributed by atoms with E-state index in [1.165, 1.54) is 0 Å². The van der Waals surface area contributed by atoms with Crippen LogP contribution in [-0.4, -0.2) is 16.2 Å². The minimum Gasteiger partial charge on any atom is -0.508 e. The largest absolute Gasteiger partial charge is 0.508 e. The number of aliphatic carboxylic acids is 1. The highest BCUT2D eigenvalue weighted by Gasteiger charge is 2.17. The molecule has 0 fully saturated rings. The van der Waals surface area contributed by atoms with E-state index < -0.39 is 11.9 Å². The molecule has 4 heteroatoms. The second-order valence-corrected chi connectivity index (χ2v) is 4.87. The topological polar surface area (TPSA) is 57.5 Å². The highest BCUT2D eigenvalue weighted by Crippen LogP contribution is 2.32. The number of hydrogen-bond donors (Lipinski definition) is 2. The van der Waals surface area contributed by atoms with E-state index in [4.69, 9.17) is 5.11 Å². The lowest BCUT2D eigenvalue weighted by Crippen LogP contribution is -2.13. The number of halogens is 1. The summed E-state index contributed by atoms with van der Waals surface area (Å²) >= 11 is 3.43. The van der Waals surface area contributed by atoms with E-state index in [0.29, 0.717) is 12.0 Å². The van der Waals surface area contributed by atoms with Gasteiger partial charge < -0.3 is 10.2 Å². The zero-order valence-corrected chi connectivity index (χ0v) is 11.1. The van der Waals surface area contributed by atoms with Gasteiger partial charge in [-0.25, -0.2) is 0 Å². The Bertz CT molecular complexity index is 427. The quantitative estimate of drug-likeness (QED) is 0.898. The normalized spacial score (nSPS) is 12.5. The highest BCUT2D eigenvalue weighted by molar-refractivity contribution is 9.10. The van der Waals surface area contributed by atoms with Crippen LogP contribution in [0.5, 0.6) is 5.75 Å². The van der Waals surface area contributed by atoms with Crippen LogP contribution < -0.4 is 0 Å². The summed E-state index contributed by atoms with van der Waals surface area (Å²) in [7, 11) is 0. The Hall–Kier alpha value is -1.03. The van der Waals surface area contributed by atoms with Crippen LogP contribution in [0.2, 0.25) is 0 Å². The summed E-state index contributed by atoms with van der Waals surface area (Å²) in [5.41, 5.74) is 2.56. The van der Waals surface area contributed by atoms with Crippen molar-refractivity contribution in [2.75, 3.05) is 0 Å². The van der Waals surface area contributed by atoms with E-state index in [1.54, 1.807) is 13.0 Å². The molecular formula is C12H15BrO3. The van der Waals surface area contributed by atoms with Crippen molar-refractivity contribution < 1.29 is 15.0 Å². The van der Waals surface area contributed by atoms with Crippen LogP contribution >= 0.6 is 15.9 Å². The van der Waals surface area contributed by atoms with Crippen molar-refractivity contribution in [3.8, 4) is 5.75 Å². The van der Waals surface area contributed by atoms with Gasteiger partial charge in [0.05, 0.1) is 5.92 Å². The first-order valence-electron chi connectivity index (χ1n) is 5.05. The van der Waals surface area contributed by atoms with E-state index in [2.05, 4.69) is 15.9 Å². The fraction of sp³-hybridized carbons (Fsp3) is 0.417. The standard InChI is InChI=1S/C12H15BrO3/c1-6-5-10(14)9(8(3)11(6)13)4-7(2)12(15)16/h5,7,14H,4H2,1-3H3,(H,15,16). The first-order chi connectivity index (χ1) is 7.34. The number of rotatable bonds is 3. The van der Waals surface area contributed by atoms with Gasteiger partial charge in [0, 0.05) is 4.47 Å². The summed E-state index contributed by atoms with van der Waals surface area (Å²) in [6.45, 7) is 5.40. The minimum atomic E-state index is -0.851. The fourth-order valence-electron chi connectivity index (χ4n) is 1.63. The van der Waals surface area contributed by atoms with Crippen LogP contribution in [0, 0.1) is 19.8 Å². The number of benzene rings is 1. The van der Waals surface area contributed by atoms with Gasteiger partial charge in [0.2, 0.25) is 0 Å². The molecule has 0 aromatic heterocycles. The molecule has 1 aromatic carbocycles. The molecule has 0 spiro atoms. The first-order valence-corrected chi connectivity index (χ1v) is 5.84. The van der Waals surface area contributed by atoms with Gasteiger partial charge in [-0.3, -0.25) is 4.79 Å². The fourth-order valence-corrected chi connectivity index (χ4v) is 1.98. The molecule has 0 saturated heterocycles. The molecule has 0 bridgehead atoms. The van der Waals surface area contributed by atoms with Crippen LogP contribution in [0.15, 0.2) is 10.5 Å². The van der Waals surface area contributed by atoms with Crippen molar-refractivity contribution in [3.05, 3.63) is 27.2 Å². The minimum absolute atomic E-state index is 0.173. The van der Waals surface area contributed by atoms with Crippen molar-refractivity contribution >= 4 is 21.9 Å². The smallest absolute Gasteiger partial charge is 0.306 e. The molecule has 0 aliphatic rings. The number of carboxylic acids is 1. The van der Waals surface area contributed by atoms with Gasteiger partial charge >= 0.3 is 5.97 Å². The predicted molar refractivity (Wildman–Crippen MR) is 65.8 cm³/mol. The van der Waals surface area contributed by atoms with Crippen molar-refractivity contribution in [2.24, 2.45) is 5.92 Å². The molecular weight excluding hydrogens is 272 g/mol. The maximum Gasteiger partial charge on any atom is 0.306 e. The third-order valence-corrected chi connectivity index (χ3v) is 3.94. The van der Waals surface area contributed by atoms with Gasteiger partial charge in [-0.05, 0) is 43.0 Å². The van der Waals surface area contributed by atoms with E-state index in [-0.39, 0.29) is 5.75 Å². The molecule has 1 aromatic rings. The number of hydrogen-bond acceptors (Lipinski definition) is 2. The molecule has 0 radical (unpaired) electrons. The highest BCUT2D eigenvalue weighted by atomic mass is 79.9. The van der Waals surface area contributed by atoms with Crippen LogP contribution in [0.3, 0.4) is 0 Å². The number of phenols is 1. The maximum atomic E-state index is 10.8. The maximum absolute atomic E-state index is 10.8. The third kappa shape index (κ3) is 2.55. The summed E-state index contributed by atoms with van der Waals surface area (Å²) in [5.74, 6) is -1.18. The summed E-state index contributed by atoms with van der Waals surface area (Å²) in [6.07, 6.45) is 0.339. The van der Waals surface area contributed by atoms with Crippen LogP contribution in [0.4, 0.5) is 0 Å². The van der Waals surface area contributed by atoms with Gasteiger partial charge in [-0.1, -0.05) is 22.9 Å². The van der Waals surface area contributed by atoms with Crippen LogP contribution in [0.1, 0.15) is 23.6 Å². The Morgan fingerprint density at radius 2 is 2.06 bits per heavy atom. The number of aryl methyl sites for hydroxylation is 1. The van der Waals surface area contributed by atoms with Crippen LogP contribution in [0.25, 0.3) is 0 Å². The van der Waals surface area contributed by atoms with Gasteiger partial charge in [-0.15, -0.1) is 0 Å². The summed E-state index contributed by atoms with van der Waals surface area (Å²) < 4.78 is 0.929. The van der Waals surface area contributed by atoms with E-state index in [1.807, 2.05) is 13.8 Å². The summed E-state index contributed by atoms with van der Waals surface area (Å²) in [4.78, 5) is 10.8. The number of phenolic OH excluding ortho intramolecular Hbond substituents is 1. The zero-order chi connectivity index (χ0) is 12.5. The van der Waals surface area contributed by atoms with Crippen molar-refractivity contribution in [2.45, 2.75) is 27.2 Å². The molecule has 0 aliphatic heterocycles. The Morgan fingerprint density at radius 1 is 1.50 bits per heavy atom. The Morgan fingerprint density at radius 3 is 2.56 bits per heavy atom. The number of carboxylic acid groups (broad SMARTS) is 1. The molecule has 1 unspecified atom stereocenters. The summed E-state index contributed by atoms with van der Waals surface area (Å²) in [6, 6.07) is 1.65. The average molecular weight is 287 g/mol. The third-order valence-electron chi connectivity index (χ3n) is 2.72. The van der Waals surface area contributed by atoms with E-state index >= 15 is 0 Å². The van der Waals surface area contributed by atoms with Gasteiger partial charge in [-0.2, -0.15) is 0 Å². The Kier molecular flexibility index (Phi) is 3.97. The summed E-state index contributed by atoms with van der Waals surface area (Å²) in [5, 5.41) is 18.7. The lowest BCUT2D eigenvalue weighted by Gasteiger charge is -2.14. The zero-order valence-electron chi connectivity index (χ0n) is 9.54. The first kappa shape index (κ1) is 13.0. The number of carbonyl (C=O) groups is 1. The van der Waals surface area contributed by atoms with Crippen LogP contribution in [-0.2, 0) is 11.2 Å². The van der Waals surface area contributed by atoms with Crippen molar-refractivity contribution in [1.29, 1.82) is 0 Å². The Balaban J connectivity index is 3.14. The molecule has 1 atom stereocenters. The Labute approximate surface area is 103 Å². The van der Waals surface area contributed by atoms with Gasteiger partial charge in [0.1, 0.15) is 5.75 Å². The van der Waals surface area contributed by atoms with Gasteiger partial charge in [0.25, 0.3) is 0 Å². The van der Waals surface area contributed by atoms with Gasteiger partial charge in [0.15, 0.2) is 0 Å². The van der Waals surface area contributed by atoms with E-state index in [9.17, 15) is 9.90 Å². The lowest BCUT2D eigenvalue weighted by atomic mass is 9.95. The molecule has 3 nitrogen and oxygen atoms in total. The molecule has 0 amide bonds. The monoisotopic (exact) mass is 286 g/mol. The lowest BCUT2D eigenvalue weighted by molar-refractivity contribution is -0.141. The predicted octanol–water partition coefficient (Wildman–Crippen LogP) is 3.03. The SMILES string of the molecule is Cc1cc(O)c(CC(C)C(=O)O)c(C)c1Br.